The van der Waals surface area contributed by atoms with Crippen LogP contribution in [0.4, 0.5) is 0 Å². The monoisotopic (exact) mass is 1060 g/mol. The largest absolute Gasteiger partial charge is 0.464 e. The van der Waals surface area contributed by atoms with E-state index in [0.29, 0.717) is 38.8 Å². The zero-order chi connectivity index (χ0) is 46.7. The Hall–Kier alpha value is -4.04. The molecule has 386 valence electrons. The van der Waals surface area contributed by atoms with Crippen molar-refractivity contribution in [2.75, 3.05) is 40.4 Å². The molecule has 3 aromatic carbocycles. The standard InChI is InChI=1S/C52H66N6O7.5H2S/c1-10-45(59)56-25-23-37(30-56)49(61)55(8)46(32(3)4)48(60)53-43-27-34-16-14-17-35(26-34)36-21-22-44-40(28-36)41(47(57(44)11-2)39-19-13-12-18-38(39)33(5)64-9)29-52(6,7)31-65-51(63)42-20-15-24-58(54-42)50(43)62;;;;;/h10,12-14,16-19,21-22,26,28,32-33,37,42-43,46,54H,1,11,15,20,23-25,27,29-31H2,2-9H3,(H,53,60);5*1H2/t33-,37-,42-,43-,46-;;;;;/m0...../s1. The van der Waals surface area contributed by atoms with Crippen LogP contribution in [0.3, 0.4) is 0 Å². The maximum Gasteiger partial charge on any atom is 0.324 e. The summed E-state index contributed by atoms with van der Waals surface area (Å²) in [6.45, 7) is 17.7. The van der Waals surface area contributed by atoms with Crippen LogP contribution in [-0.4, -0.2) is 107 Å². The summed E-state index contributed by atoms with van der Waals surface area (Å²) < 4.78 is 14.4. The van der Waals surface area contributed by atoms with Crippen molar-refractivity contribution in [3.05, 3.63) is 96.1 Å². The second-order valence-electron chi connectivity index (χ2n) is 19.1. The van der Waals surface area contributed by atoms with Crippen molar-refractivity contribution in [3.63, 3.8) is 0 Å². The van der Waals surface area contributed by atoms with Crippen LogP contribution in [0, 0.1) is 17.3 Å². The van der Waals surface area contributed by atoms with Crippen LogP contribution in [0.25, 0.3) is 33.3 Å². The van der Waals surface area contributed by atoms with E-state index in [-0.39, 0.29) is 111 Å². The molecule has 6 bridgehead atoms. The summed E-state index contributed by atoms with van der Waals surface area (Å²) in [7, 11) is 3.34. The molecule has 0 aliphatic carbocycles. The second-order valence-corrected chi connectivity index (χ2v) is 19.1. The van der Waals surface area contributed by atoms with E-state index in [1.54, 1.807) is 19.1 Å². The Bertz CT molecular complexity index is 2480. The highest BCUT2D eigenvalue weighted by atomic mass is 32.1. The van der Waals surface area contributed by atoms with Crippen molar-refractivity contribution in [1.82, 2.24) is 30.1 Å². The van der Waals surface area contributed by atoms with Crippen LogP contribution in [-0.2, 0) is 52.8 Å². The molecule has 1 aromatic heterocycles. The van der Waals surface area contributed by atoms with Crippen LogP contribution in [0.5, 0.6) is 0 Å². The number of nitrogens with zero attached hydrogens (tertiary/aromatic N) is 4. The highest BCUT2D eigenvalue weighted by Gasteiger charge is 2.40. The Kier molecular flexibility index (Phi) is 23.6. The Morgan fingerprint density at radius 3 is 2.33 bits per heavy atom. The quantitative estimate of drug-likeness (QED) is 0.124. The lowest BCUT2D eigenvalue weighted by atomic mass is 9.83. The van der Waals surface area contributed by atoms with E-state index in [1.807, 2.05) is 32.0 Å². The molecule has 3 aliphatic heterocycles. The number of hydrogen-bond donors (Lipinski definition) is 2. The summed E-state index contributed by atoms with van der Waals surface area (Å²) in [4.78, 5) is 72.4. The van der Waals surface area contributed by atoms with Crippen LogP contribution in [0.1, 0.15) is 83.6 Å². The van der Waals surface area contributed by atoms with Crippen molar-refractivity contribution in [2.45, 2.75) is 104 Å². The van der Waals surface area contributed by atoms with E-state index in [1.165, 1.54) is 16.0 Å². The molecule has 0 radical (unpaired) electrons. The number of carbonyl (C=O) groups excluding carboxylic acids is 5. The molecule has 0 saturated carbocycles. The molecule has 2 fully saturated rings. The first kappa shape index (κ1) is 62.1. The third-order valence-electron chi connectivity index (χ3n) is 13.5. The second kappa shape index (κ2) is 26.6. The fourth-order valence-electron chi connectivity index (χ4n) is 10.0. The number of likely N-dealkylation sites (tertiary alicyclic amines) is 1. The first-order valence-corrected chi connectivity index (χ1v) is 23.1. The molecular formula is C52H76N6O7S5. The molecule has 0 unspecified atom stereocenters. The van der Waals surface area contributed by atoms with Gasteiger partial charge in [-0.2, -0.15) is 67.5 Å². The number of amides is 4. The number of cyclic esters (lactones) is 1. The summed E-state index contributed by atoms with van der Waals surface area (Å²) in [6, 6.07) is 20.3. The minimum absolute atomic E-state index is 0. The summed E-state index contributed by atoms with van der Waals surface area (Å²) in [5.74, 6) is -2.53. The Balaban J connectivity index is 0.00000336. The van der Waals surface area contributed by atoms with Gasteiger partial charge in [-0.25, -0.2) is 5.43 Å². The van der Waals surface area contributed by atoms with Crippen LogP contribution in [0.15, 0.2) is 79.4 Å². The average Bonchev–Trinajstić information content (AvgIpc) is 3.92. The zero-order valence-electron chi connectivity index (χ0n) is 41.8. The van der Waals surface area contributed by atoms with E-state index in [4.69, 9.17) is 9.47 Å². The third kappa shape index (κ3) is 13.3. The number of ether oxygens (including phenoxy) is 2. The highest BCUT2D eigenvalue weighted by molar-refractivity contribution is 7.60. The van der Waals surface area contributed by atoms with Gasteiger partial charge in [0.1, 0.15) is 18.1 Å². The minimum atomic E-state index is -1.04. The molecule has 0 spiro atoms. The van der Waals surface area contributed by atoms with Crippen molar-refractivity contribution >= 4 is 108 Å². The molecular weight excluding hydrogens is 981 g/mol. The van der Waals surface area contributed by atoms with Gasteiger partial charge in [0.15, 0.2) is 0 Å². The maximum absolute atomic E-state index is 14.7. The third-order valence-corrected chi connectivity index (χ3v) is 13.5. The fourth-order valence-corrected chi connectivity index (χ4v) is 10.0. The molecule has 5 atom stereocenters. The number of methoxy groups -OCH3 is 1. The summed E-state index contributed by atoms with van der Waals surface area (Å²) >= 11 is 0. The molecule has 2 saturated heterocycles. The van der Waals surface area contributed by atoms with Gasteiger partial charge in [-0.15, -0.1) is 0 Å². The lowest BCUT2D eigenvalue weighted by Crippen LogP contribution is -2.62. The molecule has 4 aromatic rings. The van der Waals surface area contributed by atoms with Gasteiger partial charge in [-0.1, -0.05) is 88.9 Å². The molecule has 13 nitrogen and oxygen atoms in total. The highest BCUT2D eigenvalue weighted by Crippen LogP contribution is 2.42. The van der Waals surface area contributed by atoms with Crippen LogP contribution >= 0.6 is 67.5 Å². The number of aryl methyl sites for hydroxylation is 1. The van der Waals surface area contributed by atoms with Gasteiger partial charge in [0.25, 0.3) is 5.91 Å². The smallest absolute Gasteiger partial charge is 0.324 e. The number of nitrogens with one attached hydrogen (secondary N) is 2. The van der Waals surface area contributed by atoms with Gasteiger partial charge >= 0.3 is 5.97 Å². The molecule has 3 aliphatic rings. The molecule has 7 rings (SSSR count). The Labute approximate surface area is 449 Å². The summed E-state index contributed by atoms with van der Waals surface area (Å²) in [5, 5.41) is 5.61. The number of fused-ring (bicyclic) bond motifs is 6. The summed E-state index contributed by atoms with van der Waals surface area (Å²) in [6.07, 6.45) is 3.39. The van der Waals surface area contributed by atoms with Gasteiger partial charge in [0, 0.05) is 68.6 Å². The van der Waals surface area contributed by atoms with Gasteiger partial charge in [0.05, 0.1) is 24.3 Å². The van der Waals surface area contributed by atoms with E-state index in [0.717, 1.165) is 56.5 Å². The van der Waals surface area contributed by atoms with Gasteiger partial charge in [-0.3, -0.25) is 29.0 Å². The number of esters is 1. The molecule has 4 amide bonds. The number of aromatic nitrogens is 1. The van der Waals surface area contributed by atoms with Gasteiger partial charge < -0.3 is 29.2 Å². The first-order valence-electron chi connectivity index (χ1n) is 23.1. The van der Waals surface area contributed by atoms with Gasteiger partial charge in [0.2, 0.25) is 17.7 Å². The number of hydrazine groups is 1. The molecule has 18 heteroatoms. The zero-order valence-corrected chi connectivity index (χ0v) is 46.8. The number of carbonyl (C=O) groups is 5. The van der Waals surface area contributed by atoms with E-state index in [9.17, 15) is 24.0 Å². The normalized spacial score (nSPS) is 19.6. The van der Waals surface area contributed by atoms with E-state index >= 15 is 0 Å². The molecule has 4 heterocycles. The van der Waals surface area contributed by atoms with Crippen molar-refractivity contribution in [1.29, 1.82) is 0 Å². The van der Waals surface area contributed by atoms with E-state index in [2.05, 4.69) is 98.1 Å². The van der Waals surface area contributed by atoms with E-state index < -0.39 is 47.2 Å². The van der Waals surface area contributed by atoms with Crippen molar-refractivity contribution < 1.29 is 33.4 Å². The lowest BCUT2D eigenvalue weighted by Gasteiger charge is -2.37. The summed E-state index contributed by atoms with van der Waals surface area (Å²) in [5.41, 5.74) is 11.0. The minimum Gasteiger partial charge on any atom is -0.464 e. The van der Waals surface area contributed by atoms with Crippen LogP contribution < -0.4 is 10.7 Å². The Morgan fingerprint density at radius 2 is 1.66 bits per heavy atom. The number of likely N-dealkylation sites (N-methyl/N-ethyl adjacent to an activating group) is 1. The average molecular weight is 1060 g/mol. The van der Waals surface area contributed by atoms with Gasteiger partial charge in [-0.05, 0) is 91.5 Å². The molecule has 2 N–H and O–H groups in total. The number of rotatable bonds is 10. The Morgan fingerprint density at radius 1 is 0.957 bits per heavy atom. The predicted molar refractivity (Wildman–Crippen MR) is 304 cm³/mol. The topological polar surface area (TPSA) is 143 Å². The van der Waals surface area contributed by atoms with Crippen LogP contribution in [0.2, 0.25) is 0 Å². The number of benzene rings is 3. The predicted octanol–water partition coefficient (Wildman–Crippen LogP) is 7.43. The fraction of sp³-hybridized carbons (Fsp3) is 0.481. The maximum atomic E-state index is 14.7. The SMILES string of the molecule is C=CC(=O)N1CC[C@H](C(=O)N(C)[C@H](C(=O)N[C@H]2Cc3cccc(c3)-c3ccc4c(c3)c(c(-c3ccccc3[C@H](C)OC)n4CC)CC(C)(C)COC(=O)[C@@H]3CCCN(N3)C2=O)C(C)C)C1.S.S.S.S.S. The number of hydrogen-bond acceptors (Lipinski definition) is 8. The molecule has 70 heavy (non-hydrogen) atoms. The first-order chi connectivity index (χ1) is 31.0. The lowest BCUT2D eigenvalue weighted by molar-refractivity contribution is -0.155. The van der Waals surface area contributed by atoms with Crippen molar-refractivity contribution in [3.8, 4) is 22.4 Å². The van der Waals surface area contributed by atoms with Crippen molar-refractivity contribution in [2.24, 2.45) is 17.3 Å².